The Morgan fingerprint density at radius 3 is 2.67 bits per heavy atom. The summed E-state index contributed by atoms with van der Waals surface area (Å²) in [5.41, 5.74) is 0.990. The number of carbonyl (C=O) groups is 1. The monoisotopic (exact) mass is 333 g/mol. The van der Waals surface area contributed by atoms with Crippen LogP contribution < -0.4 is 10.2 Å². The first-order valence-corrected chi connectivity index (χ1v) is 8.76. The number of nitrogens with one attached hydrogen (secondary N) is 1. The molecule has 0 bridgehead atoms. The van der Waals surface area contributed by atoms with E-state index in [1.165, 1.54) is 0 Å². The fourth-order valence-electron chi connectivity index (χ4n) is 3.08. The zero-order valence-electron chi connectivity index (χ0n) is 14.8. The van der Waals surface area contributed by atoms with Crippen LogP contribution in [0.2, 0.25) is 0 Å². The van der Waals surface area contributed by atoms with Gasteiger partial charge in [0.2, 0.25) is 0 Å². The summed E-state index contributed by atoms with van der Waals surface area (Å²) in [4.78, 5) is 25.9. The van der Waals surface area contributed by atoms with E-state index < -0.39 is 0 Å². The van der Waals surface area contributed by atoms with Gasteiger partial charge >= 0.3 is 0 Å². The van der Waals surface area contributed by atoms with Crippen molar-refractivity contribution < 1.29 is 9.53 Å². The first-order valence-electron chi connectivity index (χ1n) is 8.76. The molecule has 1 aromatic rings. The fraction of sp³-hybridized carbons (Fsp3) is 0.706. The van der Waals surface area contributed by atoms with Crippen LogP contribution in [0.3, 0.4) is 0 Å². The number of morpholine rings is 1. The van der Waals surface area contributed by atoms with Crippen molar-refractivity contribution in [3.63, 3.8) is 0 Å². The number of aromatic nitrogens is 2. The quantitative estimate of drug-likeness (QED) is 0.871. The molecule has 3 rings (SSSR count). The summed E-state index contributed by atoms with van der Waals surface area (Å²) < 4.78 is 5.57. The third-order valence-corrected chi connectivity index (χ3v) is 4.49. The van der Waals surface area contributed by atoms with E-state index >= 15 is 0 Å². The van der Waals surface area contributed by atoms with Crippen molar-refractivity contribution in [1.82, 2.24) is 20.2 Å². The van der Waals surface area contributed by atoms with Gasteiger partial charge in [0, 0.05) is 56.9 Å². The number of rotatable bonds is 3. The maximum atomic E-state index is 12.5. The number of hydrogen-bond donors (Lipinski definition) is 1. The van der Waals surface area contributed by atoms with Crippen LogP contribution in [0.5, 0.6) is 0 Å². The number of amides is 1. The number of anilines is 1. The highest BCUT2D eigenvalue weighted by molar-refractivity contribution is 5.81. The summed E-state index contributed by atoms with van der Waals surface area (Å²) in [5, 5.41) is 3.21. The summed E-state index contributed by atoms with van der Waals surface area (Å²) >= 11 is 0. The summed E-state index contributed by atoms with van der Waals surface area (Å²) in [5.74, 6) is 2.25. The molecule has 2 aliphatic heterocycles. The second-order valence-electron chi connectivity index (χ2n) is 6.76. The van der Waals surface area contributed by atoms with Crippen LogP contribution in [-0.2, 0) is 9.53 Å². The van der Waals surface area contributed by atoms with E-state index in [2.05, 4.69) is 29.0 Å². The first kappa shape index (κ1) is 17.1. The standard InChI is InChI=1S/C17H27N5O2/c1-12(2)16-19-13(3)10-15(20-16)21-5-7-22(8-6-21)17(23)14-11-18-4-9-24-14/h10,12,14,18H,4-9,11H2,1-3H3. The molecule has 1 unspecified atom stereocenters. The molecular weight excluding hydrogens is 306 g/mol. The van der Waals surface area contributed by atoms with E-state index in [0.29, 0.717) is 32.2 Å². The molecule has 132 valence electrons. The Morgan fingerprint density at radius 1 is 1.29 bits per heavy atom. The van der Waals surface area contributed by atoms with Crippen LogP contribution >= 0.6 is 0 Å². The molecule has 0 aromatic carbocycles. The van der Waals surface area contributed by atoms with Crippen molar-refractivity contribution in [3.05, 3.63) is 17.6 Å². The van der Waals surface area contributed by atoms with E-state index in [1.807, 2.05) is 17.9 Å². The Bertz CT molecular complexity index is 578. The summed E-state index contributed by atoms with van der Waals surface area (Å²) in [7, 11) is 0. The van der Waals surface area contributed by atoms with Gasteiger partial charge in [-0.25, -0.2) is 9.97 Å². The highest BCUT2D eigenvalue weighted by atomic mass is 16.5. The minimum atomic E-state index is -0.334. The Hall–Kier alpha value is -1.73. The van der Waals surface area contributed by atoms with Gasteiger partial charge in [-0.05, 0) is 6.92 Å². The summed E-state index contributed by atoms with van der Waals surface area (Å²) in [6.07, 6.45) is -0.334. The van der Waals surface area contributed by atoms with Gasteiger partial charge in [0.1, 0.15) is 17.7 Å². The smallest absolute Gasteiger partial charge is 0.253 e. The summed E-state index contributed by atoms with van der Waals surface area (Å²) in [6, 6.07) is 2.03. The topological polar surface area (TPSA) is 70.6 Å². The van der Waals surface area contributed by atoms with Crippen molar-refractivity contribution in [2.45, 2.75) is 32.8 Å². The zero-order chi connectivity index (χ0) is 17.1. The van der Waals surface area contributed by atoms with Gasteiger partial charge in [-0.15, -0.1) is 0 Å². The lowest BCUT2D eigenvalue weighted by Gasteiger charge is -2.37. The molecule has 2 fully saturated rings. The Kier molecular flexibility index (Phi) is 5.30. The Labute approximate surface area is 143 Å². The first-order chi connectivity index (χ1) is 11.5. The lowest BCUT2D eigenvalue weighted by atomic mass is 10.2. The number of piperazine rings is 1. The van der Waals surface area contributed by atoms with Crippen LogP contribution in [0.15, 0.2) is 6.07 Å². The minimum Gasteiger partial charge on any atom is -0.366 e. The van der Waals surface area contributed by atoms with E-state index in [4.69, 9.17) is 9.72 Å². The number of nitrogens with zero attached hydrogens (tertiary/aromatic N) is 4. The molecule has 0 aliphatic carbocycles. The predicted molar refractivity (Wildman–Crippen MR) is 92.3 cm³/mol. The van der Waals surface area contributed by atoms with Crippen LogP contribution in [0, 0.1) is 6.92 Å². The number of aryl methyl sites for hydroxylation is 1. The maximum absolute atomic E-state index is 12.5. The van der Waals surface area contributed by atoms with Crippen LogP contribution in [0.4, 0.5) is 5.82 Å². The average molecular weight is 333 g/mol. The van der Waals surface area contributed by atoms with Crippen LogP contribution in [0.1, 0.15) is 31.3 Å². The van der Waals surface area contributed by atoms with Crippen LogP contribution in [-0.4, -0.2) is 72.8 Å². The largest absolute Gasteiger partial charge is 0.366 e. The van der Waals surface area contributed by atoms with Crippen LogP contribution in [0.25, 0.3) is 0 Å². The molecule has 0 radical (unpaired) electrons. The summed E-state index contributed by atoms with van der Waals surface area (Å²) in [6.45, 7) is 11.3. The maximum Gasteiger partial charge on any atom is 0.253 e. The molecule has 7 heteroatoms. The fourth-order valence-corrected chi connectivity index (χ4v) is 3.08. The molecule has 0 spiro atoms. The molecule has 7 nitrogen and oxygen atoms in total. The van der Waals surface area contributed by atoms with E-state index in [1.54, 1.807) is 0 Å². The minimum absolute atomic E-state index is 0.101. The third-order valence-electron chi connectivity index (χ3n) is 4.49. The normalized spacial score (nSPS) is 22.1. The van der Waals surface area contributed by atoms with Crippen molar-refractivity contribution in [3.8, 4) is 0 Å². The third kappa shape index (κ3) is 3.84. The Morgan fingerprint density at radius 2 is 2.04 bits per heavy atom. The number of hydrogen-bond acceptors (Lipinski definition) is 6. The van der Waals surface area contributed by atoms with Gasteiger partial charge in [-0.1, -0.05) is 13.8 Å². The molecule has 1 N–H and O–H groups in total. The molecule has 2 aliphatic rings. The Balaban J connectivity index is 1.61. The van der Waals surface area contributed by atoms with Gasteiger partial charge in [0.25, 0.3) is 5.91 Å². The van der Waals surface area contributed by atoms with E-state index in [0.717, 1.165) is 37.0 Å². The van der Waals surface area contributed by atoms with Crippen molar-refractivity contribution in [2.24, 2.45) is 0 Å². The molecule has 24 heavy (non-hydrogen) atoms. The lowest BCUT2D eigenvalue weighted by Crippen LogP contribution is -2.55. The molecule has 0 saturated carbocycles. The number of carbonyl (C=O) groups excluding carboxylic acids is 1. The second kappa shape index (κ2) is 7.44. The molecule has 1 atom stereocenters. The predicted octanol–water partition coefficient (Wildman–Crippen LogP) is 0.545. The molecule has 1 amide bonds. The van der Waals surface area contributed by atoms with Gasteiger partial charge in [0.15, 0.2) is 0 Å². The zero-order valence-corrected chi connectivity index (χ0v) is 14.8. The van der Waals surface area contributed by atoms with Gasteiger partial charge < -0.3 is 19.9 Å². The highest BCUT2D eigenvalue weighted by Gasteiger charge is 2.29. The van der Waals surface area contributed by atoms with Gasteiger partial charge in [0.05, 0.1) is 6.61 Å². The van der Waals surface area contributed by atoms with Crippen molar-refractivity contribution in [2.75, 3.05) is 50.8 Å². The molecule has 3 heterocycles. The highest BCUT2D eigenvalue weighted by Crippen LogP contribution is 2.19. The second-order valence-corrected chi connectivity index (χ2v) is 6.76. The SMILES string of the molecule is Cc1cc(N2CCN(C(=O)C3CNCCO3)CC2)nc(C(C)C)n1. The van der Waals surface area contributed by atoms with E-state index in [9.17, 15) is 4.79 Å². The van der Waals surface area contributed by atoms with Crippen molar-refractivity contribution in [1.29, 1.82) is 0 Å². The number of ether oxygens (including phenoxy) is 1. The molecule has 2 saturated heterocycles. The van der Waals surface area contributed by atoms with Crippen molar-refractivity contribution >= 4 is 11.7 Å². The average Bonchev–Trinajstić information content (AvgIpc) is 2.61. The lowest BCUT2D eigenvalue weighted by molar-refractivity contribution is -0.145. The molecule has 1 aromatic heterocycles. The molecular formula is C17H27N5O2. The van der Waals surface area contributed by atoms with Gasteiger partial charge in [-0.3, -0.25) is 4.79 Å². The van der Waals surface area contributed by atoms with E-state index in [-0.39, 0.29) is 12.0 Å². The van der Waals surface area contributed by atoms with Gasteiger partial charge in [-0.2, -0.15) is 0 Å².